The maximum Gasteiger partial charge on any atom is 0.408 e. The van der Waals surface area contributed by atoms with Crippen LogP contribution in [0.15, 0.2) is 22.7 Å². The molecule has 0 saturated heterocycles. The summed E-state index contributed by atoms with van der Waals surface area (Å²) in [5, 5.41) is 3.34. The second-order valence-electron chi connectivity index (χ2n) is 5.11. The highest BCUT2D eigenvalue weighted by Crippen LogP contribution is 2.26. The van der Waals surface area contributed by atoms with Crippen LogP contribution in [-0.4, -0.2) is 18.2 Å². The van der Waals surface area contributed by atoms with E-state index in [0.29, 0.717) is 5.02 Å². The third kappa shape index (κ3) is 5.38. The Kier molecular flexibility index (Phi) is 5.64. The average Bonchev–Trinajstić information content (AvgIpc) is 2.27. The fourth-order valence-corrected chi connectivity index (χ4v) is 1.97. The molecule has 19 heavy (non-hydrogen) atoms. The quantitative estimate of drug-likeness (QED) is 0.876. The van der Waals surface area contributed by atoms with Crippen molar-refractivity contribution in [3.05, 3.63) is 33.3 Å². The van der Waals surface area contributed by atoms with Crippen molar-refractivity contribution in [2.45, 2.75) is 32.4 Å². The molecule has 0 spiro atoms. The first-order chi connectivity index (χ1) is 8.73. The fourth-order valence-electron chi connectivity index (χ4n) is 1.46. The van der Waals surface area contributed by atoms with Crippen LogP contribution in [0.5, 0.6) is 0 Å². The number of rotatable bonds is 3. The van der Waals surface area contributed by atoms with Crippen LogP contribution in [0, 0.1) is 0 Å². The predicted octanol–water partition coefficient (Wildman–Crippen LogP) is 3.63. The third-order valence-electron chi connectivity index (χ3n) is 2.27. The van der Waals surface area contributed by atoms with Crippen molar-refractivity contribution in [1.82, 2.24) is 5.32 Å². The van der Waals surface area contributed by atoms with Gasteiger partial charge < -0.3 is 15.8 Å². The van der Waals surface area contributed by atoms with Gasteiger partial charge in [-0.2, -0.15) is 0 Å². The molecule has 1 amide bonds. The number of amides is 1. The summed E-state index contributed by atoms with van der Waals surface area (Å²) in [6.45, 7) is 5.70. The summed E-state index contributed by atoms with van der Waals surface area (Å²) >= 11 is 9.27. The topological polar surface area (TPSA) is 64.3 Å². The van der Waals surface area contributed by atoms with Crippen LogP contribution in [-0.2, 0) is 4.74 Å². The van der Waals surface area contributed by atoms with E-state index in [2.05, 4.69) is 21.2 Å². The number of halogens is 2. The van der Waals surface area contributed by atoms with Gasteiger partial charge in [0.2, 0.25) is 0 Å². The van der Waals surface area contributed by atoms with Crippen molar-refractivity contribution < 1.29 is 9.53 Å². The molecule has 0 aliphatic heterocycles. The number of ether oxygens (including phenoxy) is 1. The summed E-state index contributed by atoms with van der Waals surface area (Å²) in [7, 11) is 0. The van der Waals surface area contributed by atoms with Gasteiger partial charge in [0, 0.05) is 11.0 Å². The van der Waals surface area contributed by atoms with E-state index in [9.17, 15) is 4.79 Å². The van der Waals surface area contributed by atoms with Gasteiger partial charge in [0.05, 0.1) is 11.1 Å². The molecular weight excluding hydrogens is 332 g/mol. The van der Waals surface area contributed by atoms with E-state index in [-0.39, 0.29) is 12.6 Å². The summed E-state index contributed by atoms with van der Waals surface area (Å²) < 4.78 is 5.96. The first-order valence-corrected chi connectivity index (χ1v) is 7.04. The van der Waals surface area contributed by atoms with Gasteiger partial charge in [0.25, 0.3) is 0 Å². The Balaban J connectivity index is 2.78. The van der Waals surface area contributed by atoms with Gasteiger partial charge in [-0.1, -0.05) is 17.7 Å². The van der Waals surface area contributed by atoms with Gasteiger partial charge in [-0.3, -0.25) is 0 Å². The fraction of sp³-hybridized carbons (Fsp3) is 0.462. The molecule has 1 atom stereocenters. The molecule has 106 valence electrons. The Hall–Kier alpha value is -0.780. The van der Waals surface area contributed by atoms with E-state index in [1.807, 2.05) is 32.9 Å². The summed E-state index contributed by atoms with van der Waals surface area (Å²) in [6.07, 6.45) is -0.492. The maximum absolute atomic E-state index is 11.7. The van der Waals surface area contributed by atoms with Gasteiger partial charge in [-0.05, 0) is 54.4 Å². The molecule has 0 fully saturated rings. The zero-order chi connectivity index (χ0) is 14.6. The minimum atomic E-state index is -0.538. The van der Waals surface area contributed by atoms with Crippen molar-refractivity contribution in [1.29, 1.82) is 0 Å². The summed E-state index contributed by atoms with van der Waals surface area (Å²) in [5.41, 5.74) is 6.01. The molecule has 6 heteroatoms. The van der Waals surface area contributed by atoms with Crippen molar-refractivity contribution in [3.8, 4) is 0 Å². The highest BCUT2D eigenvalue weighted by Gasteiger charge is 2.20. The minimum absolute atomic E-state index is 0.271. The average molecular weight is 350 g/mol. The van der Waals surface area contributed by atoms with Crippen LogP contribution in [0.25, 0.3) is 0 Å². The smallest absolute Gasteiger partial charge is 0.408 e. The van der Waals surface area contributed by atoms with Gasteiger partial charge in [-0.25, -0.2) is 4.79 Å². The van der Waals surface area contributed by atoms with Crippen LogP contribution in [0.1, 0.15) is 32.4 Å². The highest BCUT2D eigenvalue weighted by molar-refractivity contribution is 9.10. The molecule has 4 nitrogen and oxygen atoms in total. The Bertz CT molecular complexity index is 460. The Morgan fingerprint density at radius 2 is 2.16 bits per heavy atom. The second-order valence-corrected chi connectivity index (χ2v) is 6.37. The molecule has 0 radical (unpaired) electrons. The van der Waals surface area contributed by atoms with Crippen LogP contribution in [0.4, 0.5) is 4.79 Å². The number of carbonyl (C=O) groups is 1. The van der Waals surface area contributed by atoms with E-state index in [0.717, 1.165) is 10.0 Å². The van der Waals surface area contributed by atoms with Gasteiger partial charge in [-0.15, -0.1) is 0 Å². The molecule has 0 aliphatic carbocycles. The molecule has 1 rings (SSSR count). The molecule has 1 unspecified atom stereocenters. The van der Waals surface area contributed by atoms with Crippen molar-refractivity contribution in [2.24, 2.45) is 5.73 Å². The molecular formula is C13H18BrClN2O2. The molecule has 1 aromatic rings. The summed E-state index contributed by atoms with van der Waals surface area (Å²) in [4.78, 5) is 11.7. The lowest BCUT2D eigenvalue weighted by Crippen LogP contribution is -2.37. The first-order valence-electron chi connectivity index (χ1n) is 5.87. The predicted molar refractivity (Wildman–Crippen MR) is 80.3 cm³/mol. The zero-order valence-corrected chi connectivity index (χ0v) is 13.5. The van der Waals surface area contributed by atoms with Gasteiger partial charge >= 0.3 is 6.09 Å². The second kappa shape index (κ2) is 6.59. The standard InChI is InChI=1S/C13H18BrClN2O2/c1-13(2,3)19-12(18)17-11(7-16)8-4-5-10(15)9(14)6-8/h4-6,11H,7,16H2,1-3H3,(H,17,18). The van der Waals surface area contributed by atoms with E-state index in [1.165, 1.54) is 0 Å². The van der Waals surface area contributed by atoms with E-state index in [4.69, 9.17) is 22.1 Å². The van der Waals surface area contributed by atoms with Crippen molar-refractivity contribution >= 4 is 33.6 Å². The summed E-state index contributed by atoms with van der Waals surface area (Å²) in [5.74, 6) is 0. The number of hydrogen-bond donors (Lipinski definition) is 2. The Morgan fingerprint density at radius 3 is 2.63 bits per heavy atom. The molecule has 3 N–H and O–H groups in total. The molecule has 1 aromatic carbocycles. The van der Waals surface area contributed by atoms with E-state index in [1.54, 1.807) is 6.07 Å². The Labute approximate surface area is 126 Å². The Morgan fingerprint density at radius 1 is 1.53 bits per heavy atom. The van der Waals surface area contributed by atoms with E-state index < -0.39 is 11.7 Å². The molecule has 0 saturated carbocycles. The number of nitrogens with two attached hydrogens (primary N) is 1. The van der Waals surface area contributed by atoms with Crippen LogP contribution >= 0.6 is 27.5 Å². The largest absolute Gasteiger partial charge is 0.444 e. The van der Waals surface area contributed by atoms with E-state index >= 15 is 0 Å². The monoisotopic (exact) mass is 348 g/mol. The number of carbonyl (C=O) groups excluding carboxylic acids is 1. The summed E-state index contributed by atoms with van der Waals surface area (Å²) in [6, 6.07) is 5.09. The maximum atomic E-state index is 11.7. The lowest BCUT2D eigenvalue weighted by atomic mass is 10.1. The number of hydrogen-bond acceptors (Lipinski definition) is 3. The lowest BCUT2D eigenvalue weighted by molar-refractivity contribution is 0.0505. The number of benzene rings is 1. The normalized spacial score (nSPS) is 12.9. The van der Waals surface area contributed by atoms with Crippen molar-refractivity contribution in [2.75, 3.05) is 6.54 Å². The molecule has 0 bridgehead atoms. The zero-order valence-electron chi connectivity index (χ0n) is 11.2. The first kappa shape index (κ1) is 16.3. The molecule has 0 aliphatic rings. The van der Waals surface area contributed by atoms with Gasteiger partial charge in [0.15, 0.2) is 0 Å². The van der Waals surface area contributed by atoms with Crippen molar-refractivity contribution in [3.63, 3.8) is 0 Å². The lowest BCUT2D eigenvalue weighted by Gasteiger charge is -2.23. The van der Waals surface area contributed by atoms with Crippen LogP contribution in [0.2, 0.25) is 5.02 Å². The SMILES string of the molecule is CC(C)(C)OC(=O)NC(CN)c1ccc(Cl)c(Br)c1. The number of nitrogens with one attached hydrogen (secondary N) is 1. The third-order valence-corrected chi connectivity index (χ3v) is 3.49. The molecule has 0 aromatic heterocycles. The van der Waals surface area contributed by atoms with Gasteiger partial charge in [0.1, 0.15) is 5.60 Å². The van der Waals surface area contributed by atoms with Crippen LogP contribution < -0.4 is 11.1 Å². The number of alkyl carbamates (subject to hydrolysis) is 1. The highest BCUT2D eigenvalue weighted by atomic mass is 79.9. The van der Waals surface area contributed by atoms with Crippen LogP contribution in [0.3, 0.4) is 0 Å². The minimum Gasteiger partial charge on any atom is -0.444 e. The molecule has 0 heterocycles.